The van der Waals surface area contributed by atoms with Crippen molar-refractivity contribution >= 4 is 45.6 Å². The zero-order valence-corrected chi connectivity index (χ0v) is 21.0. The van der Waals surface area contributed by atoms with Crippen molar-refractivity contribution in [2.75, 3.05) is 30.4 Å². The fourth-order valence-corrected chi connectivity index (χ4v) is 4.06. The molecule has 1 aromatic heterocycles. The van der Waals surface area contributed by atoms with Crippen molar-refractivity contribution in [1.29, 1.82) is 0 Å². The molecule has 3 aromatic carbocycles. The number of nitrogens with one attached hydrogen (secondary N) is 2. The van der Waals surface area contributed by atoms with Crippen LogP contribution in [0.15, 0.2) is 60.7 Å². The minimum atomic E-state index is -0.349. The average Bonchev–Trinajstić information content (AvgIpc) is 3.28. The predicted octanol–water partition coefficient (Wildman–Crippen LogP) is 4.71. The third-order valence-electron chi connectivity index (χ3n) is 5.76. The lowest BCUT2D eigenvalue weighted by molar-refractivity contribution is 0.0975. The van der Waals surface area contributed by atoms with Gasteiger partial charge in [-0.25, -0.2) is 0 Å². The van der Waals surface area contributed by atoms with Crippen LogP contribution in [0.1, 0.15) is 29.8 Å². The Bertz CT molecular complexity index is 1360. The molecule has 35 heavy (non-hydrogen) atoms. The zero-order valence-electron chi connectivity index (χ0n) is 20.2. The number of aryl methyl sites for hydroxylation is 1. The fraction of sp³-hybridized carbons (Fsp3) is 0.231. The van der Waals surface area contributed by atoms with Gasteiger partial charge in [0.05, 0.1) is 18.4 Å². The van der Waals surface area contributed by atoms with E-state index in [0.29, 0.717) is 16.8 Å². The van der Waals surface area contributed by atoms with Crippen LogP contribution in [0.2, 0.25) is 0 Å². The van der Waals surface area contributed by atoms with Gasteiger partial charge in [0, 0.05) is 24.5 Å². The van der Waals surface area contributed by atoms with Crippen LogP contribution in [-0.4, -0.2) is 46.2 Å². The van der Waals surface area contributed by atoms with E-state index in [1.165, 1.54) is 12.8 Å². The Morgan fingerprint density at radius 3 is 2.34 bits per heavy atom. The Labute approximate surface area is 209 Å². The van der Waals surface area contributed by atoms with Crippen molar-refractivity contribution in [3.05, 3.63) is 71.8 Å². The Hall–Kier alpha value is -3.98. The molecule has 0 saturated carbocycles. The summed E-state index contributed by atoms with van der Waals surface area (Å²) in [5, 5.41) is 15.3. The molecule has 0 saturated heterocycles. The highest BCUT2D eigenvalue weighted by Gasteiger charge is 2.14. The lowest BCUT2D eigenvalue weighted by atomic mass is 10.1. The number of para-hydroxylation sites is 1. The number of carbonyl (C=O) groups excluding carboxylic acids is 1. The number of carbonyl (C=O) groups is 1. The largest absolute Gasteiger partial charge is 0.496 e. The van der Waals surface area contributed by atoms with Crippen molar-refractivity contribution in [3.8, 4) is 11.4 Å². The summed E-state index contributed by atoms with van der Waals surface area (Å²) >= 11 is 5.38. The number of hydrogen-bond acceptors (Lipinski definition) is 6. The normalized spacial score (nSPS) is 10.7. The van der Waals surface area contributed by atoms with Crippen molar-refractivity contribution in [3.63, 3.8) is 0 Å². The number of aromatic nitrogens is 3. The first-order valence-corrected chi connectivity index (χ1v) is 11.8. The average molecular weight is 489 g/mol. The molecule has 0 aliphatic rings. The van der Waals surface area contributed by atoms with Crippen LogP contribution in [0.3, 0.4) is 0 Å². The zero-order chi connectivity index (χ0) is 24.9. The lowest BCUT2D eigenvalue weighted by Crippen LogP contribution is -2.34. The first-order valence-electron chi connectivity index (χ1n) is 11.4. The van der Waals surface area contributed by atoms with Crippen molar-refractivity contribution in [1.82, 2.24) is 20.3 Å². The van der Waals surface area contributed by atoms with E-state index < -0.39 is 0 Å². The second kappa shape index (κ2) is 10.5. The minimum absolute atomic E-state index is 0.183. The molecule has 0 aliphatic carbocycles. The third-order valence-corrected chi connectivity index (χ3v) is 5.97. The van der Waals surface area contributed by atoms with E-state index in [-0.39, 0.29) is 11.0 Å². The van der Waals surface area contributed by atoms with Crippen LogP contribution in [0, 0.1) is 6.92 Å². The van der Waals surface area contributed by atoms with Gasteiger partial charge < -0.3 is 15.0 Å². The highest BCUT2D eigenvalue weighted by molar-refractivity contribution is 7.80. The number of nitrogens with zero attached hydrogens (tertiary/aromatic N) is 4. The van der Waals surface area contributed by atoms with Gasteiger partial charge in [0.15, 0.2) is 5.11 Å². The van der Waals surface area contributed by atoms with E-state index >= 15 is 0 Å². The van der Waals surface area contributed by atoms with Gasteiger partial charge in [-0.2, -0.15) is 4.80 Å². The predicted molar refractivity (Wildman–Crippen MR) is 144 cm³/mol. The first kappa shape index (κ1) is 24.2. The second-order valence-corrected chi connectivity index (χ2v) is 8.35. The number of thiocarbonyl (C=S) groups is 1. The standard InChI is InChI=1S/C26H28N6O2S/c1-5-31(6-2)18-11-13-19(14-12-18)32-29-22-15-17(3)21(16-23(22)30-32)27-26(35)28-25(33)20-9-7-8-10-24(20)34-4/h7-16H,5-6H2,1-4H3,(H2,27,28,33,35). The van der Waals surface area contributed by atoms with E-state index in [9.17, 15) is 4.79 Å². The number of hydrogen-bond donors (Lipinski definition) is 2. The van der Waals surface area contributed by atoms with Gasteiger partial charge in [0.2, 0.25) is 0 Å². The Morgan fingerprint density at radius 2 is 1.69 bits per heavy atom. The molecule has 2 N–H and O–H groups in total. The summed E-state index contributed by atoms with van der Waals surface area (Å²) in [6.45, 7) is 8.14. The van der Waals surface area contributed by atoms with Crippen LogP contribution >= 0.6 is 12.2 Å². The van der Waals surface area contributed by atoms with Crippen LogP contribution in [-0.2, 0) is 0 Å². The molecule has 0 atom stereocenters. The summed E-state index contributed by atoms with van der Waals surface area (Å²) in [5.74, 6) is 0.130. The molecule has 0 spiro atoms. The molecule has 0 fully saturated rings. The van der Waals surface area contributed by atoms with Gasteiger partial charge in [-0.05, 0) is 87.1 Å². The van der Waals surface area contributed by atoms with E-state index in [4.69, 9.17) is 17.0 Å². The summed E-state index contributed by atoms with van der Waals surface area (Å²) in [7, 11) is 1.52. The van der Waals surface area contributed by atoms with Gasteiger partial charge in [0.1, 0.15) is 16.8 Å². The lowest BCUT2D eigenvalue weighted by Gasteiger charge is -2.20. The number of fused-ring (bicyclic) bond motifs is 1. The summed E-state index contributed by atoms with van der Waals surface area (Å²) in [5.41, 5.74) is 5.60. The molecule has 0 bridgehead atoms. The third kappa shape index (κ3) is 5.25. The number of rotatable bonds is 7. The van der Waals surface area contributed by atoms with E-state index in [1.807, 2.05) is 31.2 Å². The van der Waals surface area contributed by atoms with Gasteiger partial charge in [-0.15, -0.1) is 10.2 Å². The van der Waals surface area contributed by atoms with Crippen molar-refractivity contribution < 1.29 is 9.53 Å². The van der Waals surface area contributed by atoms with Crippen molar-refractivity contribution in [2.24, 2.45) is 0 Å². The maximum absolute atomic E-state index is 12.6. The molecule has 4 aromatic rings. The van der Waals surface area contributed by atoms with Gasteiger partial charge in [-0.1, -0.05) is 12.1 Å². The summed E-state index contributed by atoms with van der Waals surface area (Å²) < 4.78 is 5.26. The van der Waals surface area contributed by atoms with Gasteiger partial charge >= 0.3 is 0 Å². The van der Waals surface area contributed by atoms with E-state index in [1.54, 1.807) is 29.1 Å². The maximum atomic E-state index is 12.6. The topological polar surface area (TPSA) is 84.3 Å². The highest BCUT2D eigenvalue weighted by Crippen LogP contribution is 2.23. The van der Waals surface area contributed by atoms with Gasteiger partial charge in [0.25, 0.3) is 5.91 Å². The van der Waals surface area contributed by atoms with Crippen LogP contribution < -0.4 is 20.3 Å². The highest BCUT2D eigenvalue weighted by atomic mass is 32.1. The molecule has 8 nitrogen and oxygen atoms in total. The maximum Gasteiger partial charge on any atom is 0.261 e. The second-order valence-electron chi connectivity index (χ2n) is 7.94. The number of benzene rings is 3. The Morgan fingerprint density at radius 1 is 1.03 bits per heavy atom. The number of methoxy groups -OCH3 is 1. The van der Waals surface area contributed by atoms with Crippen molar-refractivity contribution in [2.45, 2.75) is 20.8 Å². The molecule has 0 aliphatic heterocycles. The molecule has 1 heterocycles. The SMILES string of the molecule is CCN(CC)c1ccc(-n2nc3cc(C)c(NC(=S)NC(=O)c4ccccc4OC)cc3n2)cc1. The van der Waals surface area contributed by atoms with Crippen LogP contribution in [0.25, 0.3) is 16.7 Å². The van der Waals surface area contributed by atoms with Crippen LogP contribution in [0.4, 0.5) is 11.4 Å². The summed E-state index contributed by atoms with van der Waals surface area (Å²) in [4.78, 5) is 16.6. The molecule has 0 unspecified atom stereocenters. The Kier molecular flexibility index (Phi) is 7.26. The summed E-state index contributed by atoms with van der Waals surface area (Å²) in [6.07, 6.45) is 0. The summed E-state index contributed by atoms with van der Waals surface area (Å²) in [6, 6.07) is 19.0. The molecule has 4 rings (SSSR count). The first-order chi connectivity index (χ1) is 16.9. The van der Waals surface area contributed by atoms with E-state index in [2.05, 4.69) is 51.7 Å². The molecule has 180 valence electrons. The Balaban J connectivity index is 1.51. The van der Waals surface area contributed by atoms with E-state index in [0.717, 1.165) is 35.5 Å². The smallest absolute Gasteiger partial charge is 0.261 e. The number of amides is 1. The molecule has 9 heteroatoms. The number of anilines is 2. The fourth-order valence-electron chi connectivity index (χ4n) is 3.86. The quantitative estimate of drug-likeness (QED) is 0.365. The number of ether oxygens (including phenoxy) is 1. The molecule has 1 amide bonds. The molecular formula is C26H28N6O2S. The minimum Gasteiger partial charge on any atom is -0.496 e. The molecular weight excluding hydrogens is 460 g/mol. The van der Waals surface area contributed by atoms with Gasteiger partial charge in [-0.3, -0.25) is 10.1 Å². The van der Waals surface area contributed by atoms with Crippen LogP contribution in [0.5, 0.6) is 5.75 Å². The molecule has 0 radical (unpaired) electrons. The monoisotopic (exact) mass is 488 g/mol.